The van der Waals surface area contributed by atoms with Gasteiger partial charge in [-0.05, 0) is 30.9 Å². The molecule has 1 atom stereocenters. The number of hydrogen-bond donors (Lipinski definition) is 1. The molecule has 20 heavy (non-hydrogen) atoms. The summed E-state index contributed by atoms with van der Waals surface area (Å²) < 4.78 is 5.12. The van der Waals surface area contributed by atoms with Crippen molar-refractivity contribution in [2.75, 3.05) is 13.7 Å². The van der Waals surface area contributed by atoms with Crippen LogP contribution in [0.2, 0.25) is 0 Å². The van der Waals surface area contributed by atoms with Gasteiger partial charge >= 0.3 is 0 Å². The Kier molecular flexibility index (Phi) is 6.31. The van der Waals surface area contributed by atoms with Crippen LogP contribution < -0.4 is 10.1 Å². The molecule has 2 rings (SSSR count). The lowest BCUT2D eigenvalue weighted by Gasteiger charge is -2.27. The first-order chi connectivity index (χ1) is 9.81. The summed E-state index contributed by atoms with van der Waals surface area (Å²) in [5, 5.41) is 3.65. The maximum Gasteiger partial charge on any atom is 0.212 e. The van der Waals surface area contributed by atoms with Crippen LogP contribution in [0.4, 0.5) is 0 Å². The molecule has 0 radical (unpaired) electrons. The lowest BCUT2D eigenvalue weighted by atomic mass is 9.83. The number of nitrogens with one attached hydrogen (secondary N) is 1. The smallest absolute Gasteiger partial charge is 0.212 e. The number of rotatable bonds is 7. The molecular weight excluding hydrogens is 248 g/mol. The highest BCUT2D eigenvalue weighted by Gasteiger charge is 2.18. The summed E-state index contributed by atoms with van der Waals surface area (Å²) in [5.74, 6) is 1.61. The lowest BCUT2D eigenvalue weighted by molar-refractivity contribution is 0.298. The molecule has 112 valence electrons. The number of ether oxygens (including phenoxy) is 1. The summed E-state index contributed by atoms with van der Waals surface area (Å²) in [6.45, 7) is 3.24. The van der Waals surface area contributed by atoms with Crippen molar-refractivity contribution < 1.29 is 4.74 Å². The Bertz CT molecular complexity index is 371. The van der Waals surface area contributed by atoms with E-state index in [1.165, 1.54) is 44.1 Å². The van der Waals surface area contributed by atoms with Gasteiger partial charge in [0.2, 0.25) is 5.88 Å². The van der Waals surface area contributed by atoms with Crippen LogP contribution in [-0.4, -0.2) is 24.7 Å². The predicted octanol–water partition coefficient (Wildman–Crippen LogP) is 3.58. The fraction of sp³-hybridized carbons (Fsp3) is 0.706. The molecular formula is C17H28N2O. The van der Waals surface area contributed by atoms with Crippen molar-refractivity contribution in [3.05, 3.63) is 23.9 Å². The van der Waals surface area contributed by atoms with Gasteiger partial charge in [0.05, 0.1) is 7.11 Å². The predicted molar refractivity (Wildman–Crippen MR) is 83.1 cm³/mol. The summed E-state index contributed by atoms with van der Waals surface area (Å²) in [6, 6.07) is 4.68. The Balaban J connectivity index is 1.89. The monoisotopic (exact) mass is 276 g/mol. The van der Waals surface area contributed by atoms with E-state index in [0.717, 1.165) is 18.9 Å². The van der Waals surface area contributed by atoms with Gasteiger partial charge in [0, 0.05) is 18.3 Å². The van der Waals surface area contributed by atoms with Gasteiger partial charge in [0.1, 0.15) is 0 Å². The summed E-state index contributed by atoms with van der Waals surface area (Å²) in [4.78, 5) is 4.31. The average Bonchev–Trinajstić information content (AvgIpc) is 2.49. The second-order valence-electron chi connectivity index (χ2n) is 5.91. The van der Waals surface area contributed by atoms with Crippen molar-refractivity contribution in [2.45, 2.75) is 57.9 Å². The van der Waals surface area contributed by atoms with Gasteiger partial charge in [0.15, 0.2) is 0 Å². The van der Waals surface area contributed by atoms with E-state index in [1.807, 2.05) is 12.3 Å². The van der Waals surface area contributed by atoms with Crippen molar-refractivity contribution in [2.24, 2.45) is 5.92 Å². The van der Waals surface area contributed by atoms with E-state index in [0.29, 0.717) is 11.9 Å². The normalized spacial score (nSPS) is 17.9. The first-order valence-electron chi connectivity index (χ1n) is 8.04. The molecule has 0 amide bonds. The molecule has 0 saturated heterocycles. The van der Waals surface area contributed by atoms with E-state index >= 15 is 0 Å². The third-order valence-corrected chi connectivity index (χ3v) is 4.32. The second-order valence-corrected chi connectivity index (χ2v) is 5.91. The number of aromatic nitrogens is 1. The van der Waals surface area contributed by atoms with Crippen LogP contribution >= 0.6 is 0 Å². The largest absolute Gasteiger partial charge is 0.481 e. The van der Waals surface area contributed by atoms with Gasteiger partial charge in [0.25, 0.3) is 0 Å². The zero-order valence-corrected chi connectivity index (χ0v) is 12.9. The lowest BCUT2D eigenvalue weighted by Crippen LogP contribution is -2.33. The molecule has 0 aliphatic heterocycles. The molecule has 1 aliphatic rings. The van der Waals surface area contributed by atoms with Crippen molar-refractivity contribution in [3.63, 3.8) is 0 Å². The Hall–Kier alpha value is -1.09. The third kappa shape index (κ3) is 4.78. The minimum atomic E-state index is 0.582. The van der Waals surface area contributed by atoms with Gasteiger partial charge in [-0.3, -0.25) is 0 Å². The van der Waals surface area contributed by atoms with E-state index < -0.39 is 0 Å². The zero-order valence-electron chi connectivity index (χ0n) is 12.9. The molecule has 1 aliphatic carbocycles. The quantitative estimate of drug-likeness (QED) is 0.826. The number of pyridine rings is 1. The molecule has 1 N–H and O–H groups in total. The molecule has 1 aromatic rings. The first kappa shape index (κ1) is 15.3. The van der Waals surface area contributed by atoms with Crippen molar-refractivity contribution in [3.8, 4) is 5.88 Å². The fourth-order valence-corrected chi connectivity index (χ4v) is 3.29. The maximum absolute atomic E-state index is 5.12. The molecule has 3 heteroatoms. The topological polar surface area (TPSA) is 34.1 Å². The van der Waals surface area contributed by atoms with Crippen LogP contribution in [0.1, 0.15) is 51.0 Å². The van der Waals surface area contributed by atoms with Gasteiger partial charge in [-0.1, -0.05) is 45.1 Å². The average molecular weight is 276 g/mol. The second kappa shape index (κ2) is 8.25. The van der Waals surface area contributed by atoms with E-state index in [-0.39, 0.29) is 0 Å². The van der Waals surface area contributed by atoms with Crippen LogP contribution in [0.5, 0.6) is 5.88 Å². The minimum Gasteiger partial charge on any atom is -0.481 e. The Morgan fingerprint density at radius 3 is 2.70 bits per heavy atom. The molecule has 3 nitrogen and oxygen atoms in total. The fourth-order valence-electron chi connectivity index (χ4n) is 3.29. The molecule has 0 spiro atoms. The number of likely N-dealkylation sites (N-methyl/N-ethyl adjacent to an activating group) is 1. The van der Waals surface area contributed by atoms with Crippen LogP contribution in [0.3, 0.4) is 0 Å². The molecule has 1 unspecified atom stereocenters. The third-order valence-electron chi connectivity index (χ3n) is 4.32. The molecule has 0 bridgehead atoms. The number of methoxy groups -OCH3 is 1. The number of nitrogens with zero attached hydrogens (tertiary/aromatic N) is 1. The Morgan fingerprint density at radius 2 is 2.10 bits per heavy atom. The minimum absolute atomic E-state index is 0.582. The molecule has 1 aromatic heterocycles. The van der Waals surface area contributed by atoms with Crippen LogP contribution in [0.25, 0.3) is 0 Å². The number of hydrogen-bond acceptors (Lipinski definition) is 3. The van der Waals surface area contributed by atoms with Gasteiger partial charge < -0.3 is 10.1 Å². The first-order valence-corrected chi connectivity index (χ1v) is 8.04. The van der Waals surface area contributed by atoms with Crippen molar-refractivity contribution >= 4 is 0 Å². The van der Waals surface area contributed by atoms with E-state index in [1.54, 1.807) is 7.11 Å². The Labute approximate surface area is 123 Å². The van der Waals surface area contributed by atoms with E-state index in [9.17, 15) is 0 Å². The van der Waals surface area contributed by atoms with Gasteiger partial charge in [-0.15, -0.1) is 0 Å². The highest BCUT2D eigenvalue weighted by molar-refractivity contribution is 5.18. The molecule has 1 fully saturated rings. The van der Waals surface area contributed by atoms with E-state index in [4.69, 9.17) is 4.74 Å². The van der Waals surface area contributed by atoms with E-state index in [2.05, 4.69) is 23.3 Å². The van der Waals surface area contributed by atoms with Crippen LogP contribution in [-0.2, 0) is 6.42 Å². The molecule has 0 aromatic carbocycles. The van der Waals surface area contributed by atoms with Crippen LogP contribution in [0, 0.1) is 5.92 Å². The van der Waals surface area contributed by atoms with Crippen LogP contribution in [0.15, 0.2) is 18.3 Å². The van der Waals surface area contributed by atoms with Crippen molar-refractivity contribution in [1.82, 2.24) is 10.3 Å². The SMILES string of the molecule is CCNC(Cc1ccc(OC)nc1)CC1CCCCC1. The summed E-state index contributed by atoms with van der Waals surface area (Å²) in [5.41, 5.74) is 1.30. The highest BCUT2D eigenvalue weighted by atomic mass is 16.5. The Morgan fingerprint density at radius 1 is 1.30 bits per heavy atom. The van der Waals surface area contributed by atoms with Crippen molar-refractivity contribution in [1.29, 1.82) is 0 Å². The summed E-state index contributed by atoms with van der Waals surface area (Å²) in [7, 11) is 1.66. The van der Waals surface area contributed by atoms with Gasteiger partial charge in [-0.2, -0.15) is 0 Å². The highest BCUT2D eigenvalue weighted by Crippen LogP contribution is 2.28. The summed E-state index contributed by atoms with van der Waals surface area (Å²) in [6.07, 6.45) is 11.4. The summed E-state index contributed by atoms with van der Waals surface area (Å²) >= 11 is 0. The zero-order chi connectivity index (χ0) is 14.2. The molecule has 1 saturated carbocycles. The molecule has 1 heterocycles. The maximum atomic E-state index is 5.12. The standard InChI is InChI=1S/C17H28N2O/c1-3-18-16(11-14-7-5-4-6-8-14)12-15-9-10-17(20-2)19-13-15/h9-10,13-14,16,18H,3-8,11-12H2,1-2H3. The van der Waals surface area contributed by atoms with Gasteiger partial charge in [-0.25, -0.2) is 4.98 Å².